The number of fused-ring (bicyclic) bond motifs is 1. The van der Waals surface area contributed by atoms with Crippen molar-refractivity contribution in [3.05, 3.63) is 35.5 Å². The van der Waals surface area contributed by atoms with Crippen LogP contribution in [0.25, 0.3) is 5.65 Å². The Hall–Kier alpha value is -1.95. The van der Waals surface area contributed by atoms with Gasteiger partial charge in [-0.25, -0.2) is 9.37 Å². The molecule has 1 amide bonds. The van der Waals surface area contributed by atoms with Gasteiger partial charge in [-0.2, -0.15) is 0 Å². The number of hydrogen-bond donors (Lipinski definition) is 0. The van der Waals surface area contributed by atoms with Gasteiger partial charge >= 0.3 is 0 Å². The zero-order valence-electron chi connectivity index (χ0n) is 13.9. The van der Waals surface area contributed by atoms with Gasteiger partial charge in [0.1, 0.15) is 0 Å². The molecule has 1 saturated carbocycles. The van der Waals surface area contributed by atoms with Gasteiger partial charge in [0.25, 0.3) is 5.91 Å². The van der Waals surface area contributed by atoms with Crippen molar-refractivity contribution < 1.29 is 13.9 Å². The Balaban J connectivity index is 1.65. The highest BCUT2D eigenvalue weighted by atomic mass is 19.1. The van der Waals surface area contributed by atoms with Crippen molar-refractivity contribution in [2.24, 2.45) is 0 Å². The third-order valence-corrected chi connectivity index (χ3v) is 5.31. The minimum Gasteiger partial charge on any atom is -0.381 e. The molecule has 1 atom stereocenters. The predicted octanol–water partition coefficient (Wildman–Crippen LogP) is 2.99. The summed E-state index contributed by atoms with van der Waals surface area (Å²) in [6.45, 7) is 1.35. The largest absolute Gasteiger partial charge is 0.381 e. The van der Waals surface area contributed by atoms with Crippen LogP contribution in [0, 0.1) is 5.82 Å². The first-order valence-corrected chi connectivity index (χ1v) is 8.66. The molecule has 2 aromatic heterocycles. The molecule has 0 bridgehead atoms. The number of carbonyl (C=O) groups is 1. The van der Waals surface area contributed by atoms with E-state index in [1.165, 1.54) is 6.07 Å². The molecule has 0 N–H and O–H groups in total. The molecule has 5 nitrogen and oxygen atoms in total. The summed E-state index contributed by atoms with van der Waals surface area (Å²) < 4.78 is 21.5. The second-order valence-electron chi connectivity index (χ2n) is 6.89. The van der Waals surface area contributed by atoms with Crippen LogP contribution < -0.4 is 0 Å². The van der Waals surface area contributed by atoms with Gasteiger partial charge in [0.05, 0.1) is 17.9 Å². The van der Waals surface area contributed by atoms with Gasteiger partial charge in [0.15, 0.2) is 11.5 Å². The number of carbonyl (C=O) groups excluding carboxylic acids is 1. The molecular weight excluding hydrogens is 309 g/mol. The maximum absolute atomic E-state index is 14.5. The molecule has 1 saturated heterocycles. The lowest BCUT2D eigenvalue weighted by atomic mass is 10.1. The second kappa shape index (κ2) is 6.16. The van der Waals surface area contributed by atoms with E-state index in [-0.39, 0.29) is 23.5 Å². The van der Waals surface area contributed by atoms with E-state index in [1.807, 2.05) is 13.2 Å². The molecule has 128 valence electrons. The van der Waals surface area contributed by atoms with Crippen molar-refractivity contribution in [1.82, 2.24) is 14.3 Å². The van der Waals surface area contributed by atoms with E-state index in [9.17, 15) is 9.18 Å². The number of rotatable bonds is 3. The zero-order valence-corrected chi connectivity index (χ0v) is 13.9. The molecule has 1 aliphatic heterocycles. The number of pyridine rings is 1. The van der Waals surface area contributed by atoms with Gasteiger partial charge in [-0.3, -0.25) is 4.79 Å². The first kappa shape index (κ1) is 15.6. The van der Waals surface area contributed by atoms with Gasteiger partial charge in [-0.05, 0) is 25.3 Å². The quantitative estimate of drug-likeness (QED) is 0.869. The first-order chi connectivity index (χ1) is 11.6. The number of amides is 1. The summed E-state index contributed by atoms with van der Waals surface area (Å²) >= 11 is 0. The fourth-order valence-corrected chi connectivity index (χ4v) is 3.82. The van der Waals surface area contributed by atoms with Crippen LogP contribution in [0.4, 0.5) is 4.39 Å². The van der Waals surface area contributed by atoms with Crippen molar-refractivity contribution in [3.8, 4) is 0 Å². The van der Waals surface area contributed by atoms with Crippen molar-refractivity contribution in [2.75, 3.05) is 20.3 Å². The molecule has 1 aliphatic carbocycles. The summed E-state index contributed by atoms with van der Waals surface area (Å²) in [4.78, 5) is 18.9. The number of halogens is 1. The minimum absolute atomic E-state index is 0.123. The Morgan fingerprint density at radius 2 is 2.12 bits per heavy atom. The highest BCUT2D eigenvalue weighted by Crippen LogP contribution is 2.27. The molecule has 1 unspecified atom stereocenters. The number of aromatic nitrogens is 2. The van der Waals surface area contributed by atoms with Crippen molar-refractivity contribution in [3.63, 3.8) is 0 Å². The molecule has 2 aromatic rings. The van der Waals surface area contributed by atoms with Gasteiger partial charge in [-0.1, -0.05) is 12.8 Å². The van der Waals surface area contributed by atoms with E-state index >= 15 is 0 Å². The Morgan fingerprint density at radius 1 is 1.33 bits per heavy atom. The third kappa shape index (κ3) is 2.69. The van der Waals surface area contributed by atoms with Crippen LogP contribution in [0.2, 0.25) is 0 Å². The normalized spacial score (nSPS) is 21.7. The maximum Gasteiger partial charge on any atom is 0.255 e. The van der Waals surface area contributed by atoms with Crippen LogP contribution in [0.5, 0.6) is 0 Å². The van der Waals surface area contributed by atoms with Crippen LogP contribution in [0.3, 0.4) is 0 Å². The van der Waals surface area contributed by atoms with Crippen LogP contribution in [0.1, 0.15) is 54.1 Å². The molecule has 6 heteroatoms. The molecule has 2 aliphatic rings. The van der Waals surface area contributed by atoms with E-state index in [0.29, 0.717) is 12.2 Å². The van der Waals surface area contributed by atoms with Crippen LogP contribution in [-0.4, -0.2) is 46.5 Å². The molecular formula is C18H22FN3O2. The highest BCUT2D eigenvalue weighted by Gasteiger charge is 2.26. The van der Waals surface area contributed by atoms with Crippen LogP contribution >= 0.6 is 0 Å². The summed E-state index contributed by atoms with van der Waals surface area (Å²) in [5.41, 5.74) is 1.48. The number of nitrogens with zero attached hydrogens (tertiary/aromatic N) is 3. The number of ether oxygens (including phenoxy) is 1. The van der Waals surface area contributed by atoms with E-state index < -0.39 is 5.82 Å². The average molecular weight is 331 g/mol. The Morgan fingerprint density at radius 3 is 2.83 bits per heavy atom. The molecule has 0 radical (unpaired) electrons. The lowest BCUT2D eigenvalue weighted by Gasteiger charge is -2.24. The molecule has 3 heterocycles. The topological polar surface area (TPSA) is 46.8 Å². The summed E-state index contributed by atoms with van der Waals surface area (Å²) in [5.74, 6) is -0.363. The molecule has 0 spiro atoms. The maximum atomic E-state index is 14.5. The summed E-state index contributed by atoms with van der Waals surface area (Å²) in [7, 11) is 1.82. The molecule has 4 rings (SSSR count). The Labute approximate surface area is 140 Å². The van der Waals surface area contributed by atoms with Gasteiger partial charge in [-0.15, -0.1) is 0 Å². The molecule has 2 fully saturated rings. The van der Waals surface area contributed by atoms with Gasteiger partial charge in [0, 0.05) is 38.0 Å². The molecule has 0 aromatic carbocycles. The van der Waals surface area contributed by atoms with E-state index in [1.54, 1.807) is 15.5 Å². The Bertz CT molecular complexity index is 761. The lowest BCUT2D eigenvalue weighted by Crippen LogP contribution is -2.35. The first-order valence-electron chi connectivity index (χ1n) is 8.66. The summed E-state index contributed by atoms with van der Waals surface area (Å²) in [6.07, 6.45) is 8.80. The number of hydrogen-bond acceptors (Lipinski definition) is 3. The van der Waals surface area contributed by atoms with Gasteiger partial charge in [0.2, 0.25) is 0 Å². The van der Waals surface area contributed by atoms with Crippen molar-refractivity contribution in [1.29, 1.82) is 0 Å². The van der Waals surface area contributed by atoms with E-state index in [2.05, 4.69) is 4.98 Å². The van der Waals surface area contributed by atoms with Crippen molar-refractivity contribution >= 4 is 11.6 Å². The lowest BCUT2D eigenvalue weighted by molar-refractivity contribution is 0.0734. The van der Waals surface area contributed by atoms with Crippen LogP contribution in [-0.2, 0) is 4.74 Å². The van der Waals surface area contributed by atoms with Crippen LogP contribution in [0.15, 0.2) is 18.5 Å². The number of imidazole rings is 1. The molecule has 24 heavy (non-hydrogen) atoms. The summed E-state index contributed by atoms with van der Waals surface area (Å²) in [5, 5.41) is 0. The van der Waals surface area contributed by atoms with Gasteiger partial charge < -0.3 is 14.0 Å². The standard InChI is InChI=1S/C18H22FN3O2/c1-21(14-4-2-3-5-14)18(23)13-8-15(19)17-20-16(10-22(17)9-13)12-6-7-24-11-12/h8-10,12,14H,2-7,11H2,1H3. The average Bonchev–Trinajstić information content (AvgIpc) is 3.32. The smallest absolute Gasteiger partial charge is 0.255 e. The second-order valence-corrected chi connectivity index (χ2v) is 6.89. The van der Waals surface area contributed by atoms with E-state index in [0.717, 1.165) is 44.4 Å². The highest BCUT2D eigenvalue weighted by molar-refractivity contribution is 5.94. The third-order valence-electron chi connectivity index (χ3n) is 5.31. The zero-order chi connectivity index (χ0) is 16.7. The monoisotopic (exact) mass is 331 g/mol. The summed E-state index contributed by atoms with van der Waals surface area (Å²) in [6, 6.07) is 1.58. The fraction of sp³-hybridized carbons (Fsp3) is 0.556. The Kier molecular flexibility index (Phi) is 4.00. The van der Waals surface area contributed by atoms with Crippen molar-refractivity contribution in [2.45, 2.75) is 44.1 Å². The fourth-order valence-electron chi connectivity index (χ4n) is 3.82. The SMILES string of the molecule is CN(C(=O)c1cc(F)c2nc(C3CCOC3)cn2c1)C1CCCC1. The van der Waals surface area contributed by atoms with E-state index in [4.69, 9.17) is 4.74 Å². The minimum atomic E-state index is -0.453. The predicted molar refractivity (Wildman–Crippen MR) is 87.7 cm³/mol.